The van der Waals surface area contributed by atoms with E-state index in [9.17, 15) is 18.7 Å². The van der Waals surface area contributed by atoms with Crippen LogP contribution >= 0.6 is 11.6 Å². The van der Waals surface area contributed by atoms with Crippen LogP contribution in [0.15, 0.2) is 48.8 Å². The molecule has 36 heavy (non-hydrogen) atoms. The summed E-state index contributed by atoms with van der Waals surface area (Å²) in [6.07, 6.45) is 1.52. The second-order valence-corrected chi connectivity index (χ2v) is 9.03. The van der Waals surface area contributed by atoms with Gasteiger partial charge in [0.1, 0.15) is 23.7 Å². The highest BCUT2D eigenvalue weighted by Gasteiger charge is 2.20. The first kappa shape index (κ1) is 25.5. The highest BCUT2D eigenvalue weighted by molar-refractivity contribution is 6.31. The first-order valence-corrected chi connectivity index (χ1v) is 11.7. The van der Waals surface area contributed by atoms with Crippen LogP contribution in [0.3, 0.4) is 0 Å². The van der Waals surface area contributed by atoms with Crippen LogP contribution in [-0.4, -0.2) is 31.9 Å². The lowest BCUT2D eigenvalue weighted by Crippen LogP contribution is -2.29. The molecule has 10 heteroatoms. The molecule has 0 fully saturated rings. The van der Waals surface area contributed by atoms with Crippen molar-refractivity contribution >= 4 is 28.4 Å². The lowest BCUT2D eigenvalue weighted by atomic mass is 10.0. The number of hydrogen-bond donors (Lipinski definition) is 2. The summed E-state index contributed by atoms with van der Waals surface area (Å²) in [6, 6.07) is 9.05. The predicted octanol–water partition coefficient (Wildman–Crippen LogP) is 5.19. The number of rotatable bonds is 8. The van der Waals surface area contributed by atoms with Gasteiger partial charge in [0.05, 0.1) is 41.7 Å². The molecule has 0 saturated heterocycles. The maximum atomic E-state index is 14.2. The molecule has 2 atom stereocenters. The van der Waals surface area contributed by atoms with Gasteiger partial charge >= 0.3 is 0 Å². The molecule has 188 valence electrons. The third-order valence-electron chi connectivity index (χ3n) is 5.60. The van der Waals surface area contributed by atoms with Crippen LogP contribution in [-0.2, 0) is 11.4 Å². The zero-order valence-corrected chi connectivity index (χ0v) is 20.7. The van der Waals surface area contributed by atoms with E-state index in [1.807, 2.05) is 13.0 Å². The number of nitrogens with zero attached hydrogens (tertiary/aromatic N) is 3. The van der Waals surface area contributed by atoms with Crippen LogP contribution in [0.5, 0.6) is 5.75 Å². The van der Waals surface area contributed by atoms with Crippen LogP contribution in [0, 0.1) is 18.6 Å². The van der Waals surface area contributed by atoms with Crippen molar-refractivity contribution < 1.29 is 23.4 Å². The number of carbonyl (C=O) groups is 1. The fourth-order valence-corrected chi connectivity index (χ4v) is 4.29. The van der Waals surface area contributed by atoms with Crippen molar-refractivity contribution in [3.63, 3.8) is 0 Å². The summed E-state index contributed by atoms with van der Waals surface area (Å²) in [5.41, 5.74) is 2.82. The molecule has 2 heterocycles. The highest BCUT2D eigenvalue weighted by atomic mass is 35.5. The van der Waals surface area contributed by atoms with E-state index in [-0.39, 0.29) is 24.0 Å². The molecular formula is C26H25ClF2N4O3. The van der Waals surface area contributed by atoms with Gasteiger partial charge in [0.2, 0.25) is 5.91 Å². The Morgan fingerprint density at radius 3 is 2.69 bits per heavy atom. The van der Waals surface area contributed by atoms with Crippen molar-refractivity contribution in [1.29, 1.82) is 0 Å². The molecule has 4 aromatic rings. The number of fused-ring (bicyclic) bond motifs is 1. The monoisotopic (exact) mass is 514 g/mol. The van der Waals surface area contributed by atoms with Crippen LogP contribution in [0.2, 0.25) is 5.02 Å². The normalized spacial score (nSPS) is 13.0. The summed E-state index contributed by atoms with van der Waals surface area (Å²) in [4.78, 5) is 16.8. The molecule has 0 saturated carbocycles. The standard InChI is InChI=1S/C26H25ClF2N4O3/c1-14-7-23(33-12-18(29)11-30-33)19-5-4-6-24(26(19)31-14)36-13-21-20(9-17(28)10-22(21)27)16(3)32-25(35)8-15(2)34/h4-7,9-12,15-16,34H,8,13H2,1-3H3,(H,32,35)/t15-,16+/m1/s1. The van der Waals surface area contributed by atoms with Crippen molar-refractivity contribution in [3.05, 3.63) is 82.3 Å². The molecule has 0 aliphatic heterocycles. The number of para-hydroxylation sites is 1. The molecular weight excluding hydrogens is 490 g/mol. The van der Waals surface area contributed by atoms with Crippen molar-refractivity contribution in [2.24, 2.45) is 0 Å². The summed E-state index contributed by atoms with van der Waals surface area (Å²) in [7, 11) is 0. The van der Waals surface area contributed by atoms with Crippen molar-refractivity contribution in [1.82, 2.24) is 20.1 Å². The maximum absolute atomic E-state index is 14.2. The molecule has 0 unspecified atom stereocenters. The number of aliphatic hydroxyl groups is 1. The number of aromatic nitrogens is 3. The van der Waals surface area contributed by atoms with Gasteiger partial charge in [-0.05, 0) is 50.6 Å². The molecule has 4 rings (SSSR count). The topological polar surface area (TPSA) is 89.3 Å². The fraction of sp³-hybridized carbons (Fsp3) is 0.269. The third kappa shape index (κ3) is 5.63. The molecule has 0 aliphatic rings. The van der Waals surface area contributed by atoms with Gasteiger partial charge in [0.25, 0.3) is 0 Å². The lowest BCUT2D eigenvalue weighted by Gasteiger charge is -2.20. The molecule has 0 aliphatic carbocycles. The SMILES string of the molecule is Cc1cc(-n2cc(F)cn2)c2cccc(OCc3c(Cl)cc(F)cc3[C@H](C)NC(=O)C[C@@H](C)O)c2n1. The Balaban J connectivity index is 1.67. The van der Waals surface area contributed by atoms with Gasteiger partial charge < -0.3 is 15.2 Å². The number of halogens is 3. The average molecular weight is 515 g/mol. The number of benzene rings is 2. The fourth-order valence-electron chi connectivity index (χ4n) is 4.03. The Labute approximate surface area is 211 Å². The number of amides is 1. The van der Waals surface area contributed by atoms with Crippen LogP contribution < -0.4 is 10.1 Å². The molecule has 0 bridgehead atoms. The zero-order chi connectivity index (χ0) is 26.0. The van der Waals surface area contributed by atoms with Gasteiger partial charge in [-0.25, -0.2) is 18.4 Å². The molecule has 7 nitrogen and oxygen atoms in total. The Bertz CT molecular complexity index is 1420. The second kappa shape index (κ2) is 10.6. The van der Waals surface area contributed by atoms with E-state index >= 15 is 0 Å². The zero-order valence-electron chi connectivity index (χ0n) is 19.9. The minimum atomic E-state index is -0.804. The van der Waals surface area contributed by atoms with E-state index in [0.29, 0.717) is 39.2 Å². The Morgan fingerprint density at radius 2 is 2.00 bits per heavy atom. The first-order chi connectivity index (χ1) is 17.1. The largest absolute Gasteiger partial charge is 0.487 e. The maximum Gasteiger partial charge on any atom is 0.223 e. The number of carbonyl (C=O) groups excluding carboxylic acids is 1. The number of aliphatic hydroxyl groups excluding tert-OH is 1. The summed E-state index contributed by atoms with van der Waals surface area (Å²) in [6.45, 7) is 5.00. The van der Waals surface area contributed by atoms with Crippen LogP contribution in [0.4, 0.5) is 8.78 Å². The van der Waals surface area contributed by atoms with E-state index in [1.54, 1.807) is 25.1 Å². The summed E-state index contributed by atoms with van der Waals surface area (Å²) < 4.78 is 35.4. The number of nitrogens with one attached hydrogen (secondary N) is 1. The molecule has 2 aromatic carbocycles. The molecule has 1 amide bonds. The number of aryl methyl sites for hydroxylation is 1. The molecule has 2 aromatic heterocycles. The van der Waals surface area contributed by atoms with Crippen molar-refractivity contribution in [3.8, 4) is 11.4 Å². The van der Waals surface area contributed by atoms with Gasteiger partial charge in [0, 0.05) is 16.6 Å². The third-order valence-corrected chi connectivity index (χ3v) is 5.94. The van der Waals surface area contributed by atoms with E-state index in [4.69, 9.17) is 16.3 Å². The van der Waals surface area contributed by atoms with Gasteiger partial charge in [-0.2, -0.15) is 5.10 Å². The Morgan fingerprint density at radius 1 is 1.22 bits per heavy atom. The smallest absolute Gasteiger partial charge is 0.223 e. The van der Waals surface area contributed by atoms with Gasteiger partial charge in [-0.1, -0.05) is 23.7 Å². The van der Waals surface area contributed by atoms with E-state index < -0.39 is 23.8 Å². The van der Waals surface area contributed by atoms with Gasteiger partial charge in [-0.15, -0.1) is 0 Å². The summed E-state index contributed by atoms with van der Waals surface area (Å²) in [5.74, 6) is -0.935. The van der Waals surface area contributed by atoms with Crippen LogP contribution in [0.25, 0.3) is 16.6 Å². The predicted molar refractivity (Wildman–Crippen MR) is 132 cm³/mol. The number of hydrogen-bond acceptors (Lipinski definition) is 5. The van der Waals surface area contributed by atoms with Crippen molar-refractivity contribution in [2.75, 3.05) is 0 Å². The lowest BCUT2D eigenvalue weighted by molar-refractivity contribution is -0.123. The van der Waals surface area contributed by atoms with E-state index in [0.717, 1.165) is 6.20 Å². The minimum absolute atomic E-state index is 0.0223. The quantitative estimate of drug-likeness (QED) is 0.338. The first-order valence-electron chi connectivity index (χ1n) is 11.3. The molecule has 0 spiro atoms. The average Bonchev–Trinajstić information content (AvgIpc) is 3.23. The van der Waals surface area contributed by atoms with E-state index in [2.05, 4.69) is 15.4 Å². The van der Waals surface area contributed by atoms with Crippen LogP contribution in [0.1, 0.15) is 43.1 Å². The highest BCUT2D eigenvalue weighted by Crippen LogP contribution is 2.32. The second-order valence-electron chi connectivity index (χ2n) is 8.62. The number of pyridine rings is 1. The Kier molecular flexibility index (Phi) is 7.51. The number of ether oxygens (including phenoxy) is 1. The summed E-state index contributed by atoms with van der Waals surface area (Å²) >= 11 is 6.38. The van der Waals surface area contributed by atoms with E-state index in [1.165, 1.54) is 29.9 Å². The van der Waals surface area contributed by atoms with Gasteiger partial charge in [-0.3, -0.25) is 4.79 Å². The Hall–Kier alpha value is -3.56. The molecule has 0 radical (unpaired) electrons. The van der Waals surface area contributed by atoms with Crippen molar-refractivity contribution in [2.45, 2.75) is 45.9 Å². The van der Waals surface area contributed by atoms with Gasteiger partial charge in [0.15, 0.2) is 5.82 Å². The summed E-state index contributed by atoms with van der Waals surface area (Å²) in [5, 5.41) is 17.1. The molecule has 2 N–H and O–H groups in total. The minimum Gasteiger partial charge on any atom is -0.487 e.